The highest BCUT2D eigenvalue weighted by Gasteiger charge is 2.27. The molecule has 2 aromatic rings. The smallest absolute Gasteiger partial charge is 0.241 e. The van der Waals surface area contributed by atoms with Gasteiger partial charge in [0.15, 0.2) is 0 Å². The van der Waals surface area contributed by atoms with Crippen molar-refractivity contribution < 1.29 is 13.2 Å². The third-order valence-corrected chi connectivity index (χ3v) is 5.95. The Morgan fingerprint density at radius 2 is 2.00 bits per heavy atom. The first-order valence-corrected chi connectivity index (χ1v) is 9.22. The molecule has 1 aliphatic rings. The van der Waals surface area contributed by atoms with Gasteiger partial charge >= 0.3 is 0 Å². The predicted octanol–water partition coefficient (Wildman–Crippen LogP) is 3.42. The highest BCUT2D eigenvalue weighted by atomic mass is 79.9. The molecule has 0 saturated heterocycles. The number of rotatable bonds is 4. The van der Waals surface area contributed by atoms with E-state index in [1.807, 2.05) is 24.3 Å². The number of sulfonamides is 1. The maximum absolute atomic E-state index is 12.6. The number of fused-ring (bicyclic) bond motifs is 1. The molecule has 1 aliphatic carbocycles. The molecule has 0 heterocycles. The van der Waals surface area contributed by atoms with E-state index < -0.39 is 10.0 Å². The summed E-state index contributed by atoms with van der Waals surface area (Å²) in [6, 6.07) is 12.5. The van der Waals surface area contributed by atoms with Gasteiger partial charge in [0.2, 0.25) is 10.0 Å². The van der Waals surface area contributed by atoms with Crippen molar-refractivity contribution in [3.05, 3.63) is 58.1 Å². The first kappa shape index (κ1) is 15.5. The van der Waals surface area contributed by atoms with Crippen LogP contribution in [0.2, 0.25) is 0 Å². The lowest BCUT2D eigenvalue weighted by Gasteiger charge is -2.15. The topological polar surface area (TPSA) is 55.4 Å². The zero-order chi connectivity index (χ0) is 15.7. The minimum atomic E-state index is -3.57. The Morgan fingerprint density at radius 1 is 1.23 bits per heavy atom. The number of methoxy groups -OCH3 is 1. The molecule has 0 saturated carbocycles. The fourth-order valence-corrected chi connectivity index (χ4v) is 4.72. The van der Waals surface area contributed by atoms with Crippen LogP contribution in [0.15, 0.2) is 51.8 Å². The quantitative estimate of drug-likeness (QED) is 0.882. The number of hydrogen-bond acceptors (Lipinski definition) is 3. The third kappa shape index (κ3) is 2.91. The van der Waals surface area contributed by atoms with Crippen LogP contribution in [0.4, 0.5) is 0 Å². The van der Waals surface area contributed by atoms with E-state index >= 15 is 0 Å². The Morgan fingerprint density at radius 3 is 2.73 bits per heavy atom. The number of ether oxygens (including phenoxy) is 1. The molecule has 4 nitrogen and oxygen atoms in total. The standard InChI is InChI=1S/C16H16BrNO3S/c1-21-16-9-7-12(10-14(16)17)22(19,20)18-15-8-6-11-4-2-3-5-13(11)15/h2-5,7,9-10,15,18H,6,8H2,1H3/t15-/m0/s1. The van der Waals surface area contributed by atoms with Crippen LogP contribution in [0.1, 0.15) is 23.6 Å². The van der Waals surface area contributed by atoms with E-state index in [1.54, 1.807) is 25.3 Å². The Labute approximate surface area is 138 Å². The maximum Gasteiger partial charge on any atom is 0.241 e. The van der Waals surface area contributed by atoms with Gasteiger partial charge in [-0.2, -0.15) is 0 Å². The molecular weight excluding hydrogens is 366 g/mol. The number of nitrogens with one attached hydrogen (secondary N) is 1. The van der Waals surface area contributed by atoms with Crippen LogP contribution >= 0.6 is 15.9 Å². The van der Waals surface area contributed by atoms with Crippen molar-refractivity contribution in [2.24, 2.45) is 0 Å². The summed E-state index contributed by atoms with van der Waals surface area (Å²) >= 11 is 3.32. The Bertz CT molecular complexity index is 805. The minimum absolute atomic E-state index is 0.165. The molecule has 0 aromatic heterocycles. The molecule has 0 fully saturated rings. The summed E-state index contributed by atoms with van der Waals surface area (Å²) in [6.07, 6.45) is 1.69. The number of benzene rings is 2. The molecule has 1 N–H and O–H groups in total. The molecule has 6 heteroatoms. The van der Waals surface area contributed by atoms with Crippen LogP contribution in [-0.2, 0) is 16.4 Å². The number of aryl methyl sites for hydroxylation is 1. The average Bonchev–Trinajstić information content (AvgIpc) is 2.90. The number of halogens is 1. The highest BCUT2D eigenvalue weighted by molar-refractivity contribution is 9.10. The fraction of sp³-hybridized carbons (Fsp3) is 0.250. The fourth-order valence-electron chi connectivity index (χ4n) is 2.75. The molecule has 0 unspecified atom stereocenters. The van der Waals surface area contributed by atoms with Crippen molar-refractivity contribution in [3.8, 4) is 5.75 Å². The summed E-state index contributed by atoms with van der Waals surface area (Å²) < 4.78 is 33.7. The van der Waals surface area contributed by atoms with E-state index in [9.17, 15) is 8.42 Å². The van der Waals surface area contributed by atoms with Gasteiger partial charge in [-0.05, 0) is 58.1 Å². The van der Waals surface area contributed by atoms with E-state index in [2.05, 4.69) is 20.7 Å². The molecule has 0 radical (unpaired) electrons. The average molecular weight is 382 g/mol. The SMILES string of the molecule is COc1ccc(S(=O)(=O)N[C@H]2CCc3ccccc32)cc1Br. The second kappa shape index (κ2) is 6.02. The second-order valence-corrected chi connectivity index (χ2v) is 7.78. The lowest BCUT2D eigenvalue weighted by Crippen LogP contribution is -2.27. The summed E-state index contributed by atoms with van der Waals surface area (Å²) in [7, 11) is -2.03. The van der Waals surface area contributed by atoms with Gasteiger partial charge in [-0.25, -0.2) is 13.1 Å². The van der Waals surface area contributed by atoms with Gasteiger partial charge in [-0.15, -0.1) is 0 Å². The summed E-state index contributed by atoms with van der Waals surface area (Å²) in [5.41, 5.74) is 2.28. The van der Waals surface area contributed by atoms with E-state index in [1.165, 1.54) is 5.56 Å². The normalized spacial score (nSPS) is 17.3. The molecule has 2 aromatic carbocycles. The summed E-state index contributed by atoms with van der Waals surface area (Å²) in [5, 5.41) is 0. The molecule has 116 valence electrons. The van der Waals surface area contributed by atoms with Crippen molar-refractivity contribution in [2.45, 2.75) is 23.8 Å². The molecule has 3 rings (SSSR count). The summed E-state index contributed by atoms with van der Waals surface area (Å²) in [5.74, 6) is 0.602. The van der Waals surface area contributed by atoms with E-state index in [-0.39, 0.29) is 10.9 Å². The van der Waals surface area contributed by atoms with Gasteiger partial charge in [0.05, 0.1) is 16.5 Å². The molecule has 1 atom stereocenters. The molecular formula is C16H16BrNO3S. The Hall–Kier alpha value is -1.37. The molecule has 0 amide bonds. The largest absolute Gasteiger partial charge is 0.496 e. The van der Waals surface area contributed by atoms with Gasteiger partial charge < -0.3 is 4.74 Å². The first-order valence-electron chi connectivity index (χ1n) is 6.95. The van der Waals surface area contributed by atoms with Crippen molar-refractivity contribution >= 4 is 26.0 Å². The lowest BCUT2D eigenvalue weighted by molar-refractivity contribution is 0.411. The first-order chi connectivity index (χ1) is 10.5. The Balaban J connectivity index is 1.87. The van der Waals surface area contributed by atoms with Crippen molar-refractivity contribution in [1.29, 1.82) is 0 Å². The van der Waals surface area contributed by atoms with Crippen LogP contribution < -0.4 is 9.46 Å². The monoisotopic (exact) mass is 381 g/mol. The molecule has 0 bridgehead atoms. The Kier molecular flexibility index (Phi) is 4.25. The zero-order valence-electron chi connectivity index (χ0n) is 12.0. The third-order valence-electron chi connectivity index (χ3n) is 3.86. The van der Waals surface area contributed by atoms with E-state index in [4.69, 9.17) is 4.74 Å². The van der Waals surface area contributed by atoms with Gasteiger partial charge in [0, 0.05) is 6.04 Å². The predicted molar refractivity (Wildman–Crippen MR) is 88.5 cm³/mol. The van der Waals surface area contributed by atoms with Crippen LogP contribution in [0.25, 0.3) is 0 Å². The van der Waals surface area contributed by atoms with Crippen molar-refractivity contribution in [3.63, 3.8) is 0 Å². The van der Waals surface area contributed by atoms with Crippen LogP contribution in [-0.4, -0.2) is 15.5 Å². The molecule has 22 heavy (non-hydrogen) atoms. The second-order valence-electron chi connectivity index (χ2n) is 5.21. The van der Waals surface area contributed by atoms with Gasteiger partial charge in [0.25, 0.3) is 0 Å². The van der Waals surface area contributed by atoms with Gasteiger partial charge in [-0.1, -0.05) is 24.3 Å². The van der Waals surface area contributed by atoms with E-state index in [0.717, 1.165) is 18.4 Å². The molecule has 0 aliphatic heterocycles. The van der Waals surface area contributed by atoms with Gasteiger partial charge in [-0.3, -0.25) is 0 Å². The summed E-state index contributed by atoms with van der Waals surface area (Å²) in [4.78, 5) is 0.226. The van der Waals surface area contributed by atoms with Gasteiger partial charge in [0.1, 0.15) is 5.75 Å². The lowest BCUT2D eigenvalue weighted by atomic mass is 10.1. The zero-order valence-corrected chi connectivity index (χ0v) is 14.4. The van der Waals surface area contributed by atoms with E-state index in [0.29, 0.717) is 10.2 Å². The minimum Gasteiger partial charge on any atom is -0.496 e. The van der Waals surface area contributed by atoms with Crippen molar-refractivity contribution in [2.75, 3.05) is 7.11 Å². The van der Waals surface area contributed by atoms with Crippen LogP contribution in [0.5, 0.6) is 5.75 Å². The van der Waals surface area contributed by atoms with Crippen molar-refractivity contribution in [1.82, 2.24) is 4.72 Å². The van der Waals surface area contributed by atoms with Crippen LogP contribution in [0.3, 0.4) is 0 Å². The molecule has 0 spiro atoms. The maximum atomic E-state index is 12.6. The highest BCUT2D eigenvalue weighted by Crippen LogP contribution is 2.33. The van der Waals surface area contributed by atoms with Crippen LogP contribution in [0, 0.1) is 0 Å². The summed E-state index contributed by atoms with van der Waals surface area (Å²) in [6.45, 7) is 0. The number of hydrogen-bond donors (Lipinski definition) is 1.